The third-order valence-corrected chi connectivity index (χ3v) is 4.27. The summed E-state index contributed by atoms with van der Waals surface area (Å²) in [6.45, 7) is 1.18. The van der Waals surface area contributed by atoms with Crippen LogP contribution in [0.5, 0.6) is 23.0 Å². The lowest BCUT2D eigenvalue weighted by atomic mass is 9.90. The van der Waals surface area contributed by atoms with Crippen LogP contribution in [0, 0.1) is 0 Å². The van der Waals surface area contributed by atoms with Gasteiger partial charge < -0.3 is 25.0 Å². The molecular formula is C17H17NO4. The van der Waals surface area contributed by atoms with Gasteiger partial charge in [-0.05, 0) is 60.3 Å². The maximum absolute atomic E-state index is 9.64. The summed E-state index contributed by atoms with van der Waals surface area (Å²) >= 11 is 0. The zero-order valence-corrected chi connectivity index (χ0v) is 12.0. The number of phenols is 2. The number of ether oxygens (including phenoxy) is 2. The molecule has 5 nitrogen and oxygen atoms in total. The maximum Gasteiger partial charge on any atom is 0.231 e. The van der Waals surface area contributed by atoms with Crippen LogP contribution in [0.15, 0.2) is 30.3 Å². The Morgan fingerprint density at radius 1 is 1.05 bits per heavy atom. The summed E-state index contributed by atoms with van der Waals surface area (Å²) in [7, 11) is 0. The predicted octanol–water partition coefficient (Wildman–Crippen LogP) is 2.26. The molecule has 0 amide bonds. The van der Waals surface area contributed by atoms with Crippen LogP contribution in [0.2, 0.25) is 0 Å². The van der Waals surface area contributed by atoms with Gasteiger partial charge in [-0.1, -0.05) is 6.07 Å². The minimum Gasteiger partial charge on any atom is -0.504 e. The van der Waals surface area contributed by atoms with Crippen molar-refractivity contribution < 1.29 is 19.7 Å². The Morgan fingerprint density at radius 3 is 2.68 bits per heavy atom. The zero-order chi connectivity index (χ0) is 15.1. The van der Waals surface area contributed by atoms with Crippen LogP contribution in [-0.4, -0.2) is 23.6 Å². The number of nitrogens with one attached hydrogen (secondary N) is 1. The molecule has 0 unspecified atom stereocenters. The van der Waals surface area contributed by atoms with Gasteiger partial charge in [0.25, 0.3) is 0 Å². The van der Waals surface area contributed by atoms with E-state index in [-0.39, 0.29) is 24.3 Å². The van der Waals surface area contributed by atoms with Gasteiger partial charge in [-0.3, -0.25) is 0 Å². The summed E-state index contributed by atoms with van der Waals surface area (Å²) in [5.41, 5.74) is 3.46. The van der Waals surface area contributed by atoms with Gasteiger partial charge >= 0.3 is 0 Å². The number of fused-ring (bicyclic) bond motifs is 2. The van der Waals surface area contributed by atoms with E-state index in [4.69, 9.17) is 9.47 Å². The molecule has 0 radical (unpaired) electrons. The van der Waals surface area contributed by atoms with E-state index in [2.05, 4.69) is 17.4 Å². The third kappa shape index (κ3) is 2.23. The van der Waals surface area contributed by atoms with Crippen LogP contribution < -0.4 is 14.8 Å². The van der Waals surface area contributed by atoms with Gasteiger partial charge in [-0.15, -0.1) is 0 Å². The van der Waals surface area contributed by atoms with Crippen LogP contribution in [0.1, 0.15) is 22.7 Å². The molecule has 0 saturated carbocycles. The number of benzene rings is 2. The Hall–Kier alpha value is -2.40. The molecule has 0 fully saturated rings. The van der Waals surface area contributed by atoms with E-state index in [9.17, 15) is 10.2 Å². The summed E-state index contributed by atoms with van der Waals surface area (Å²) in [5, 5.41) is 22.6. The van der Waals surface area contributed by atoms with Crippen LogP contribution in [0.3, 0.4) is 0 Å². The number of aromatic hydroxyl groups is 2. The molecule has 114 valence electrons. The Morgan fingerprint density at radius 2 is 1.86 bits per heavy atom. The molecule has 2 aliphatic heterocycles. The number of phenolic OH excluding ortho intramolecular Hbond substituents is 2. The summed E-state index contributed by atoms with van der Waals surface area (Å²) in [6.07, 6.45) is 1.70. The van der Waals surface area contributed by atoms with Crippen LogP contribution >= 0.6 is 0 Å². The highest BCUT2D eigenvalue weighted by Crippen LogP contribution is 2.39. The molecule has 4 rings (SSSR count). The van der Waals surface area contributed by atoms with E-state index >= 15 is 0 Å². The quantitative estimate of drug-likeness (QED) is 0.742. The highest BCUT2D eigenvalue weighted by atomic mass is 16.7. The second-order valence-electron chi connectivity index (χ2n) is 5.69. The van der Waals surface area contributed by atoms with E-state index in [1.807, 2.05) is 6.07 Å². The van der Waals surface area contributed by atoms with Crippen molar-refractivity contribution >= 4 is 0 Å². The molecule has 3 N–H and O–H groups in total. The fourth-order valence-corrected chi connectivity index (χ4v) is 3.15. The summed E-state index contributed by atoms with van der Waals surface area (Å²) in [5.74, 6) is 1.44. The van der Waals surface area contributed by atoms with E-state index in [1.165, 1.54) is 17.2 Å². The largest absolute Gasteiger partial charge is 0.504 e. The summed E-state index contributed by atoms with van der Waals surface area (Å²) in [6, 6.07) is 9.24. The average Bonchev–Trinajstić information content (AvgIpc) is 2.96. The minimum atomic E-state index is -0.0934. The number of hydrogen-bond donors (Lipinski definition) is 3. The lowest BCUT2D eigenvalue weighted by Crippen LogP contribution is -2.31. The van der Waals surface area contributed by atoms with Crippen molar-refractivity contribution in [1.82, 2.24) is 5.32 Å². The van der Waals surface area contributed by atoms with Gasteiger partial charge in [-0.2, -0.15) is 0 Å². The number of rotatable bonds is 2. The van der Waals surface area contributed by atoms with E-state index < -0.39 is 0 Å². The minimum absolute atomic E-state index is 0.0841. The molecule has 2 aromatic carbocycles. The lowest BCUT2D eigenvalue weighted by Gasteiger charge is -2.27. The smallest absolute Gasteiger partial charge is 0.231 e. The SMILES string of the molecule is Oc1ccc(C[C@@H]2NCCc3cc4c(cc32)OCO4)cc1O. The van der Waals surface area contributed by atoms with Crippen molar-refractivity contribution in [3.8, 4) is 23.0 Å². The average molecular weight is 299 g/mol. The molecule has 22 heavy (non-hydrogen) atoms. The molecule has 2 aromatic rings. The first-order chi connectivity index (χ1) is 10.7. The van der Waals surface area contributed by atoms with Gasteiger partial charge in [0.2, 0.25) is 6.79 Å². The van der Waals surface area contributed by atoms with E-state index in [1.54, 1.807) is 6.07 Å². The predicted molar refractivity (Wildman–Crippen MR) is 80.5 cm³/mol. The molecular weight excluding hydrogens is 282 g/mol. The first kappa shape index (κ1) is 13.3. The second kappa shape index (κ2) is 5.10. The maximum atomic E-state index is 9.64. The molecule has 2 aliphatic rings. The van der Waals surface area contributed by atoms with Crippen molar-refractivity contribution in [2.24, 2.45) is 0 Å². The monoisotopic (exact) mass is 299 g/mol. The Balaban J connectivity index is 1.65. The molecule has 5 heteroatoms. The zero-order valence-electron chi connectivity index (χ0n) is 12.0. The van der Waals surface area contributed by atoms with E-state index in [0.717, 1.165) is 36.4 Å². The third-order valence-electron chi connectivity index (χ3n) is 4.27. The first-order valence-corrected chi connectivity index (χ1v) is 7.37. The standard InChI is InChI=1S/C17H17NO4/c19-14-2-1-10(6-15(14)20)5-13-12-8-17-16(21-9-22-17)7-11(12)3-4-18-13/h1-2,6-8,13,18-20H,3-5,9H2/t13-/m0/s1. The van der Waals surface area contributed by atoms with Crippen molar-refractivity contribution in [3.63, 3.8) is 0 Å². The number of hydrogen-bond acceptors (Lipinski definition) is 5. The van der Waals surface area contributed by atoms with Gasteiger partial charge in [0.05, 0.1) is 0 Å². The van der Waals surface area contributed by atoms with Crippen LogP contribution in [-0.2, 0) is 12.8 Å². The van der Waals surface area contributed by atoms with Gasteiger partial charge in [0, 0.05) is 6.04 Å². The van der Waals surface area contributed by atoms with E-state index in [0.29, 0.717) is 0 Å². The topological polar surface area (TPSA) is 71.0 Å². The van der Waals surface area contributed by atoms with Crippen LogP contribution in [0.4, 0.5) is 0 Å². The normalized spacial score (nSPS) is 19.0. The van der Waals surface area contributed by atoms with Gasteiger partial charge in [0.1, 0.15) is 0 Å². The summed E-state index contributed by atoms with van der Waals surface area (Å²) in [4.78, 5) is 0. The molecule has 0 bridgehead atoms. The second-order valence-corrected chi connectivity index (χ2v) is 5.69. The molecule has 0 aromatic heterocycles. The van der Waals surface area contributed by atoms with Gasteiger partial charge in [-0.25, -0.2) is 0 Å². The summed E-state index contributed by atoms with van der Waals surface area (Å²) < 4.78 is 10.9. The van der Waals surface area contributed by atoms with Crippen molar-refractivity contribution in [3.05, 3.63) is 47.0 Å². The Labute approximate surface area is 128 Å². The highest BCUT2D eigenvalue weighted by Gasteiger charge is 2.25. The van der Waals surface area contributed by atoms with Crippen LogP contribution in [0.25, 0.3) is 0 Å². The highest BCUT2D eigenvalue weighted by molar-refractivity contribution is 5.51. The molecule has 0 aliphatic carbocycles. The van der Waals surface area contributed by atoms with Crippen molar-refractivity contribution in [2.45, 2.75) is 18.9 Å². The fraction of sp³-hybridized carbons (Fsp3) is 0.294. The Bertz CT molecular complexity index is 729. The molecule has 1 atom stereocenters. The van der Waals surface area contributed by atoms with Gasteiger partial charge in [0.15, 0.2) is 23.0 Å². The molecule has 0 spiro atoms. The molecule has 0 saturated heterocycles. The van der Waals surface area contributed by atoms with Crippen molar-refractivity contribution in [1.29, 1.82) is 0 Å². The molecule has 2 heterocycles. The first-order valence-electron chi connectivity index (χ1n) is 7.37. The Kier molecular flexibility index (Phi) is 3.08. The fourth-order valence-electron chi connectivity index (χ4n) is 3.15. The lowest BCUT2D eigenvalue weighted by molar-refractivity contribution is 0.174. The van der Waals surface area contributed by atoms with Crippen molar-refractivity contribution in [2.75, 3.05) is 13.3 Å².